The summed E-state index contributed by atoms with van der Waals surface area (Å²) in [7, 11) is 0. The minimum absolute atomic E-state index is 0.158. The molecule has 0 aromatic heterocycles. The third-order valence-electron chi connectivity index (χ3n) is 5.55. The van der Waals surface area contributed by atoms with E-state index in [4.69, 9.17) is 4.74 Å². The average molecular weight is 364 g/mol. The van der Waals surface area contributed by atoms with Gasteiger partial charge in [0.25, 0.3) is 0 Å². The largest absolute Gasteiger partial charge is 0.491 e. The van der Waals surface area contributed by atoms with Gasteiger partial charge >= 0.3 is 0 Å². The number of benzene rings is 1. The molecule has 1 atom stereocenters. The zero-order valence-corrected chi connectivity index (χ0v) is 17.5. The Bertz CT molecular complexity index is 591. The summed E-state index contributed by atoms with van der Waals surface area (Å²) in [6.45, 7) is 15.7. The summed E-state index contributed by atoms with van der Waals surface area (Å²) in [6.07, 6.45) is 0.577. The van der Waals surface area contributed by atoms with Crippen LogP contribution in [0.25, 0.3) is 0 Å². The topological polar surface area (TPSA) is 52.9 Å². The van der Waals surface area contributed by atoms with E-state index in [0.29, 0.717) is 12.5 Å². The van der Waals surface area contributed by atoms with Gasteiger partial charge in [0.1, 0.15) is 18.5 Å². The van der Waals surface area contributed by atoms with E-state index in [0.717, 1.165) is 24.2 Å². The number of aryl methyl sites for hydroxylation is 1. The summed E-state index contributed by atoms with van der Waals surface area (Å²) in [6, 6.07) is 6.26. The van der Waals surface area contributed by atoms with Gasteiger partial charge in [0, 0.05) is 17.6 Å². The van der Waals surface area contributed by atoms with Crippen molar-refractivity contribution < 1.29 is 14.9 Å². The van der Waals surface area contributed by atoms with Crippen LogP contribution in [0, 0.1) is 6.92 Å². The zero-order valence-electron chi connectivity index (χ0n) is 17.5. The lowest BCUT2D eigenvalue weighted by Gasteiger charge is -2.55. The molecule has 1 aromatic carbocycles. The zero-order chi connectivity index (χ0) is 19.7. The SMILES string of the molecule is Cc1ccc(C(C)C)c(OC[C@@H](O)CN2C(C)(C)CC(O)CC2(C)C)c1. The molecule has 0 aliphatic carbocycles. The summed E-state index contributed by atoms with van der Waals surface area (Å²) < 4.78 is 6.01. The van der Waals surface area contributed by atoms with E-state index in [9.17, 15) is 10.2 Å². The average Bonchev–Trinajstić information content (AvgIpc) is 2.47. The predicted molar refractivity (Wildman–Crippen MR) is 107 cm³/mol. The molecule has 1 aliphatic rings. The van der Waals surface area contributed by atoms with Crippen molar-refractivity contribution in [3.05, 3.63) is 29.3 Å². The Hall–Kier alpha value is -1.10. The fourth-order valence-corrected chi connectivity index (χ4v) is 4.45. The van der Waals surface area contributed by atoms with Crippen LogP contribution in [0.5, 0.6) is 5.75 Å². The van der Waals surface area contributed by atoms with Gasteiger partial charge in [-0.05, 0) is 70.6 Å². The highest BCUT2D eigenvalue weighted by Crippen LogP contribution is 2.38. The van der Waals surface area contributed by atoms with Crippen LogP contribution < -0.4 is 4.74 Å². The number of rotatable bonds is 6. The molecule has 0 spiro atoms. The van der Waals surface area contributed by atoms with Crippen molar-refractivity contribution in [2.45, 2.75) is 90.5 Å². The second-order valence-electron chi connectivity index (χ2n) is 9.46. The summed E-state index contributed by atoms with van der Waals surface area (Å²) in [5, 5.41) is 20.8. The molecule has 1 heterocycles. The van der Waals surface area contributed by atoms with Crippen LogP contribution in [0.4, 0.5) is 0 Å². The van der Waals surface area contributed by atoms with Crippen molar-refractivity contribution in [1.29, 1.82) is 0 Å². The maximum absolute atomic E-state index is 10.7. The Morgan fingerprint density at radius 3 is 2.27 bits per heavy atom. The van der Waals surface area contributed by atoms with E-state index in [2.05, 4.69) is 65.5 Å². The van der Waals surface area contributed by atoms with Gasteiger partial charge < -0.3 is 14.9 Å². The van der Waals surface area contributed by atoms with Crippen molar-refractivity contribution in [3.8, 4) is 5.75 Å². The molecule has 4 nitrogen and oxygen atoms in total. The van der Waals surface area contributed by atoms with Gasteiger partial charge in [-0.2, -0.15) is 0 Å². The van der Waals surface area contributed by atoms with Crippen LogP contribution in [0.2, 0.25) is 0 Å². The van der Waals surface area contributed by atoms with Gasteiger partial charge in [0.15, 0.2) is 0 Å². The van der Waals surface area contributed by atoms with Crippen molar-refractivity contribution in [2.75, 3.05) is 13.2 Å². The number of β-amino-alcohol motifs (C(OH)–C–C–N with tert-alkyl or cyclic N) is 1. The highest BCUT2D eigenvalue weighted by Gasteiger charge is 2.45. The maximum Gasteiger partial charge on any atom is 0.123 e. The van der Waals surface area contributed by atoms with Crippen LogP contribution >= 0.6 is 0 Å². The fourth-order valence-electron chi connectivity index (χ4n) is 4.45. The highest BCUT2D eigenvalue weighted by molar-refractivity contribution is 5.39. The first kappa shape index (κ1) is 21.2. The second kappa shape index (κ2) is 7.87. The van der Waals surface area contributed by atoms with E-state index in [1.165, 1.54) is 5.56 Å². The number of nitrogens with zero attached hydrogens (tertiary/aromatic N) is 1. The van der Waals surface area contributed by atoms with Crippen molar-refractivity contribution in [2.24, 2.45) is 0 Å². The molecule has 2 rings (SSSR count). The molecule has 26 heavy (non-hydrogen) atoms. The van der Waals surface area contributed by atoms with Crippen LogP contribution in [0.3, 0.4) is 0 Å². The standard InChI is InChI=1S/C22H37NO3/c1-15(2)19-9-8-16(3)10-20(19)26-14-18(25)13-23-21(4,5)11-17(24)12-22(23,6)7/h8-10,15,17-18,24-25H,11-14H2,1-7H3/t18-/m0/s1. The molecule has 0 amide bonds. The third-order valence-corrected chi connectivity index (χ3v) is 5.55. The summed E-state index contributed by atoms with van der Waals surface area (Å²) >= 11 is 0. The molecule has 1 aromatic rings. The molecule has 1 aliphatic heterocycles. The van der Waals surface area contributed by atoms with Crippen molar-refractivity contribution in [3.63, 3.8) is 0 Å². The quantitative estimate of drug-likeness (QED) is 0.805. The second-order valence-corrected chi connectivity index (χ2v) is 9.46. The van der Waals surface area contributed by atoms with E-state index in [-0.39, 0.29) is 23.8 Å². The molecule has 148 valence electrons. The Morgan fingerprint density at radius 2 is 1.73 bits per heavy atom. The minimum Gasteiger partial charge on any atom is -0.491 e. The van der Waals surface area contributed by atoms with Crippen molar-refractivity contribution >= 4 is 0 Å². The monoisotopic (exact) mass is 363 g/mol. The van der Waals surface area contributed by atoms with Gasteiger partial charge in [-0.15, -0.1) is 0 Å². The first-order valence-electron chi connectivity index (χ1n) is 9.79. The molecule has 0 unspecified atom stereocenters. The smallest absolute Gasteiger partial charge is 0.123 e. The first-order chi connectivity index (χ1) is 11.9. The summed E-state index contributed by atoms with van der Waals surface area (Å²) in [5.41, 5.74) is 2.01. The molecule has 4 heteroatoms. The van der Waals surface area contributed by atoms with Crippen LogP contribution in [0.15, 0.2) is 18.2 Å². The lowest BCUT2D eigenvalue weighted by atomic mass is 9.78. The third kappa shape index (κ3) is 4.99. The van der Waals surface area contributed by atoms with Gasteiger partial charge in [0.2, 0.25) is 0 Å². The Labute approximate surface area is 159 Å². The Balaban J connectivity index is 2.05. The minimum atomic E-state index is -0.579. The summed E-state index contributed by atoms with van der Waals surface area (Å²) in [5.74, 6) is 1.25. The lowest BCUT2D eigenvalue weighted by Crippen LogP contribution is -2.63. The van der Waals surface area contributed by atoms with Gasteiger partial charge in [-0.3, -0.25) is 4.90 Å². The number of piperidine rings is 1. The van der Waals surface area contributed by atoms with Gasteiger partial charge in [-0.25, -0.2) is 0 Å². The molecular weight excluding hydrogens is 326 g/mol. The Kier molecular flexibility index (Phi) is 6.42. The van der Waals surface area contributed by atoms with Crippen LogP contribution in [-0.4, -0.2) is 51.6 Å². The first-order valence-corrected chi connectivity index (χ1v) is 9.79. The molecule has 1 fully saturated rings. The molecule has 0 radical (unpaired) electrons. The molecule has 1 saturated heterocycles. The summed E-state index contributed by atoms with van der Waals surface area (Å²) in [4.78, 5) is 2.32. The highest BCUT2D eigenvalue weighted by atomic mass is 16.5. The predicted octanol–water partition coefficient (Wildman–Crippen LogP) is 3.87. The fraction of sp³-hybridized carbons (Fsp3) is 0.727. The number of likely N-dealkylation sites (tertiary alicyclic amines) is 1. The number of aliphatic hydroxyl groups excluding tert-OH is 2. The van der Waals surface area contributed by atoms with Gasteiger partial charge in [0.05, 0.1) is 6.10 Å². The molecule has 0 bridgehead atoms. The van der Waals surface area contributed by atoms with E-state index >= 15 is 0 Å². The normalized spacial score (nSPS) is 21.8. The van der Waals surface area contributed by atoms with E-state index < -0.39 is 6.10 Å². The lowest BCUT2D eigenvalue weighted by molar-refractivity contribution is -0.1000. The van der Waals surface area contributed by atoms with Crippen LogP contribution in [0.1, 0.15) is 71.4 Å². The number of hydrogen-bond acceptors (Lipinski definition) is 4. The van der Waals surface area contributed by atoms with E-state index in [1.807, 2.05) is 6.07 Å². The number of aliphatic hydroxyl groups is 2. The molecular formula is C22H37NO3. The van der Waals surface area contributed by atoms with Crippen molar-refractivity contribution in [1.82, 2.24) is 4.90 Å². The molecule has 0 saturated carbocycles. The number of ether oxygens (including phenoxy) is 1. The maximum atomic E-state index is 10.7. The van der Waals surface area contributed by atoms with Crippen LogP contribution in [-0.2, 0) is 0 Å². The number of hydrogen-bond donors (Lipinski definition) is 2. The van der Waals surface area contributed by atoms with E-state index in [1.54, 1.807) is 0 Å². The van der Waals surface area contributed by atoms with Gasteiger partial charge in [-0.1, -0.05) is 26.0 Å². The molecule has 2 N–H and O–H groups in total. The Morgan fingerprint density at radius 1 is 1.15 bits per heavy atom.